The van der Waals surface area contributed by atoms with Crippen LogP contribution in [0.3, 0.4) is 0 Å². The Labute approximate surface area is 434 Å². The average Bonchev–Trinajstić information content (AvgIpc) is 3.41. The van der Waals surface area contributed by atoms with Crippen LogP contribution in [0.2, 0.25) is 18.1 Å². The fourth-order valence-electron chi connectivity index (χ4n) is 8.83. The fourth-order valence-corrected chi connectivity index (χ4v) is 10.2. The van der Waals surface area contributed by atoms with Gasteiger partial charge in [0.25, 0.3) is 0 Å². The molecule has 0 bridgehead atoms. The number of methoxy groups -OCH3 is 1. The molecule has 0 saturated carbocycles. The predicted molar refractivity (Wildman–Crippen MR) is 284 cm³/mol. The molecule has 0 N–H and O–H groups in total. The molecule has 0 spiro atoms. The molecule has 11 nitrogen and oxygen atoms in total. The van der Waals surface area contributed by atoms with Crippen LogP contribution in [0.5, 0.6) is 0 Å². The molecule has 388 valence electrons. The summed E-state index contributed by atoms with van der Waals surface area (Å²) in [5, 5.41) is -0.158. The van der Waals surface area contributed by atoms with Crippen LogP contribution in [-0.4, -0.2) is 90.1 Å². The first-order valence-corrected chi connectivity index (χ1v) is 28.5. The summed E-state index contributed by atoms with van der Waals surface area (Å²) in [4.78, 5) is 0. The van der Waals surface area contributed by atoms with Crippen molar-refractivity contribution in [3.8, 4) is 0 Å². The number of hydrogen-bond donors (Lipinski definition) is 0. The molecule has 2 saturated heterocycles. The maximum absolute atomic E-state index is 7.46. The van der Waals surface area contributed by atoms with Crippen LogP contribution in [0, 0.1) is 0 Å². The minimum Gasteiger partial charge on any atom is -0.408 e. The summed E-state index contributed by atoms with van der Waals surface area (Å²) in [6.07, 6.45) is -7.26. The summed E-state index contributed by atoms with van der Waals surface area (Å²) in [5.41, 5.74) is 6.07. The minimum atomic E-state index is -2.54. The van der Waals surface area contributed by atoms with Gasteiger partial charge in [-0.05, 0) is 51.5 Å². The second kappa shape index (κ2) is 27.1. The van der Waals surface area contributed by atoms with Gasteiger partial charge < -0.3 is 51.8 Å². The smallest absolute Gasteiger partial charge is 0.192 e. The monoisotopic (exact) mass is 1010 g/mol. The quantitative estimate of drug-likeness (QED) is 0.0512. The Morgan fingerprint density at radius 3 is 1.07 bits per heavy atom. The first kappa shape index (κ1) is 54.4. The molecule has 10 atom stereocenters. The van der Waals surface area contributed by atoms with Gasteiger partial charge in [0.1, 0.15) is 48.8 Å². The lowest BCUT2D eigenvalue weighted by Crippen LogP contribution is -2.65. The van der Waals surface area contributed by atoms with Crippen LogP contribution in [0.4, 0.5) is 0 Å². The molecule has 2 aliphatic heterocycles. The van der Waals surface area contributed by atoms with Crippen LogP contribution in [0.1, 0.15) is 54.2 Å². The normalized spacial score (nSPS) is 24.6. The van der Waals surface area contributed by atoms with Gasteiger partial charge in [-0.1, -0.05) is 203 Å². The van der Waals surface area contributed by atoms with E-state index in [1.54, 1.807) is 7.11 Å². The van der Waals surface area contributed by atoms with Gasteiger partial charge in [0.15, 0.2) is 20.9 Å². The third-order valence-corrected chi connectivity index (χ3v) is 18.4. The van der Waals surface area contributed by atoms with Gasteiger partial charge >= 0.3 is 0 Å². The number of ether oxygens (including phenoxy) is 10. The second-order valence-corrected chi connectivity index (χ2v) is 25.1. The lowest BCUT2D eigenvalue weighted by atomic mass is 9.97. The zero-order chi connectivity index (χ0) is 50.9. The van der Waals surface area contributed by atoms with E-state index in [1.165, 1.54) is 0 Å². The maximum Gasteiger partial charge on any atom is 0.192 e. The van der Waals surface area contributed by atoms with Crippen LogP contribution >= 0.6 is 0 Å². The van der Waals surface area contributed by atoms with Gasteiger partial charge in [0.05, 0.1) is 52.9 Å². The van der Waals surface area contributed by atoms with Crippen molar-refractivity contribution in [3.05, 3.63) is 215 Å². The van der Waals surface area contributed by atoms with Gasteiger partial charge in [0, 0.05) is 7.11 Å². The van der Waals surface area contributed by atoms with Crippen molar-refractivity contribution in [3.63, 3.8) is 0 Å². The Kier molecular flexibility index (Phi) is 20.1. The van der Waals surface area contributed by atoms with Gasteiger partial charge in [-0.25, -0.2) is 0 Å². The zero-order valence-electron chi connectivity index (χ0n) is 43.2. The summed E-state index contributed by atoms with van der Waals surface area (Å²) >= 11 is 0. The van der Waals surface area contributed by atoms with E-state index in [4.69, 9.17) is 51.8 Å². The van der Waals surface area contributed by atoms with Crippen molar-refractivity contribution >= 4 is 8.32 Å². The molecule has 0 amide bonds. The van der Waals surface area contributed by atoms with Gasteiger partial charge in [0.2, 0.25) is 0 Å². The molecule has 12 heteroatoms. The van der Waals surface area contributed by atoms with E-state index in [1.807, 2.05) is 158 Å². The largest absolute Gasteiger partial charge is 0.408 e. The van der Waals surface area contributed by atoms with Crippen molar-refractivity contribution in [2.45, 2.75) is 140 Å². The van der Waals surface area contributed by atoms with Crippen molar-refractivity contribution in [1.82, 2.24) is 0 Å². The Hall–Kier alpha value is -4.90. The molecule has 73 heavy (non-hydrogen) atoms. The molecule has 6 aromatic carbocycles. The molecule has 8 rings (SSSR count). The van der Waals surface area contributed by atoms with Crippen molar-refractivity contribution in [2.24, 2.45) is 0 Å². The molecule has 2 fully saturated rings. The number of hydrogen-bond acceptors (Lipinski definition) is 11. The molecule has 2 aliphatic rings. The highest BCUT2D eigenvalue weighted by molar-refractivity contribution is 6.74. The first-order valence-electron chi connectivity index (χ1n) is 25.6. The summed E-state index contributed by atoms with van der Waals surface area (Å²) in [6.45, 7) is 13.2. The molecule has 0 aromatic heterocycles. The van der Waals surface area contributed by atoms with E-state index < -0.39 is 69.7 Å². The van der Waals surface area contributed by atoms with Crippen LogP contribution in [0.25, 0.3) is 0 Å². The van der Waals surface area contributed by atoms with E-state index in [0.29, 0.717) is 33.0 Å². The Bertz CT molecular complexity index is 2450. The first-order chi connectivity index (χ1) is 35.5. The molecule has 0 aliphatic carbocycles. The highest BCUT2D eigenvalue weighted by Gasteiger charge is 2.54. The minimum absolute atomic E-state index is 0.0180. The van der Waals surface area contributed by atoms with E-state index in [9.17, 15) is 0 Å². The van der Waals surface area contributed by atoms with Crippen molar-refractivity contribution in [1.29, 1.82) is 0 Å². The maximum atomic E-state index is 7.46. The summed E-state index contributed by atoms with van der Waals surface area (Å²) < 4.78 is 76.2. The van der Waals surface area contributed by atoms with E-state index >= 15 is 0 Å². The average molecular weight is 1010 g/mol. The summed E-state index contributed by atoms with van der Waals surface area (Å²) in [7, 11) is -0.909. The third-order valence-electron chi connectivity index (χ3n) is 13.9. The standard InChI is InChI=1S/C61H74O11Si/c1-61(2,3)73(5,6)72-54-52(70-59(62-4)57(67-41-49-33-21-11-22-34-49)56(54)66-40-48-31-19-10-20-32-48)44-69-60-58(68-42-50-35-23-12-24-36-50)55(65-39-47-29-17-9-18-30-47)53(64-38-46-27-15-8-16-28-46)51(71-60)43-63-37-45-25-13-7-14-26-45/h7-36,51-60H,37-44H2,1-6H3/t51-,52-,53-,54-,55+,56+,57-,58-,59+,60-/m1/s1. The van der Waals surface area contributed by atoms with Crippen molar-refractivity contribution < 1.29 is 51.8 Å². The summed E-state index contributed by atoms with van der Waals surface area (Å²) in [6, 6.07) is 60.6. The van der Waals surface area contributed by atoms with Crippen molar-refractivity contribution in [2.75, 3.05) is 20.3 Å². The highest BCUT2D eigenvalue weighted by Crippen LogP contribution is 2.41. The molecule has 0 unspecified atom stereocenters. The van der Waals surface area contributed by atoms with Gasteiger partial charge in [-0.3, -0.25) is 0 Å². The second-order valence-electron chi connectivity index (χ2n) is 20.3. The van der Waals surface area contributed by atoms with E-state index in [0.717, 1.165) is 33.4 Å². The van der Waals surface area contributed by atoms with Gasteiger partial charge in [-0.15, -0.1) is 0 Å². The highest BCUT2D eigenvalue weighted by atomic mass is 28.4. The lowest BCUT2D eigenvalue weighted by molar-refractivity contribution is -0.347. The van der Waals surface area contributed by atoms with E-state index in [-0.39, 0.29) is 24.9 Å². The Morgan fingerprint density at radius 1 is 0.370 bits per heavy atom. The van der Waals surface area contributed by atoms with Crippen LogP contribution < -0.4 is 0 Å². The van der Waals surface area contributed by atoms with E-state index in [2.05, 4.69) is 58.1 Å². The predicted octanol–water partition coefficient (Wildman–Crippen LogP) is 11.6. The topological polar surface area (TPSA) is 102 Å². The number of benzene rings is 6. The van der Waals surface area contributed by atoms with Crippen LogP contribution in [0.15, 0.2) is 182 Å². The lowest BCUT2D eigenvalue weighted by Gasteiger charge is -2.50. The molecule has 2 heterocycles. The van der Waals surface area contributed by atoms with Crippen LogP contribution in [-0.2, 0) is 91.4 Å². The molecule has 0 radical (unpaired) electrons. The number of rotatable bonds is 25. The molecular formula is C61H74O11Si. The Balaban J connectivity index is 1.15. The fraction of sp³-hybridized carbons (Fsp3) is 0.410. The third kappa shape index (κ3) is 15.6. The zero-order valence-corrected chi connectivity index (χ0v) is 44.2. The van der Waals surface area contributed by atoms with Gasteiger partial charge in [-0.2, -0.15) is 0 Å². The summed E-state index contributed by atoms with van der Waals surface area (Å²) in [5.74, 6) is 0. The molecular weight excluding hydrogens is 937 g/mol. The Morgan fingerprint density at radius 2 is 0.685 bits per heavy atom. The molecule has 6 aromatic rings. The SMILES string of the molecule is CO[C@H]1O[C@H](CO[C@@H]2O[C@H](COCc3ccccc3)[C@@H](OCc3ccccc3)[C@H](OCc3ccccc3)[C@H]2OCc2ccccc2)[C@@H](O[Si](C)(C)C(C)(C)C)[C@H](OCc2ccccc2)[C@H]1OCc1ccccc1.